The molecule has 7 rings (SSSR count). The first-order valence-corrected chi connectivity index (χ1v) is 17.3. The molecule has 3 aliphatic heterocycles. The quantitative estimate of drug-likeness (QED) is 0.297. The molecule has 0 radical (unpaired) electrons. The Hall–Kier alpha value is -3.98. The molecule has 2 aromatic heterocycles. The predicted molar refractivity (Wildman–Crippen MR) is 181 cm³/mol. The molecule has 9 heteroatoms. The van der Waals surface area contributed by atoms with E-state index in [0.717, 1.165) is 77.3 Å². The molecular weight excluding hydrogens is 576 g/mol. The number of nitrogens with one attached hydrogen (secondary N) is 2. The smallest absolute Gasteiger partial charge is 0.251 e. The number of likely N-dealkylation sites (tertiary alicyclic amines) is 3. The summed E-state index contributed by atoms with van der Waals surface area (Å²) in [4.78, 5) is 50.5. The zero-order chi connectivity index (χ0) is 31.6. The van der Waals surface area contributed by atoms with Crippen LogP contribution in [0.3, 0.4) is 0 Å². The maximum atomic E-state index is 14.2. The van der Waals surface area contributed by atoms with Crippen molar-refractivity contribution in [3.8, 4) is 0 Å². The Labute approximate surface area is 270 Å². The Balaban J connectivity index is 1.03. The molecule has 0 spiro atoms. The summed E-state index contributed by atoms with van der Waals surface area (Å²) in [7, 11) is 0. The van der Waals surface area contributed by atoms with Gasteiger partial charge in [0, 0.05) is 55.1 Å². The summed E-state index contributed by atoms with van der Waals surface area (Å²) in [6.07, 6.45) is 9.94. The summed E-state index contributed by atoms with van der Waals surface area (Å²) >= 11 is 0. The molecule has 0 saturated carbocycles. The molecule has 3 aliphatic rings. The average Bonchev–Trinajstić information content (AvgIpc) is 3.57. The minimum absolute atomic E-state index is 0.0357. The first kappa shape index (κ1) is 30.7. The van der Waals surface area contributed by atoms with Gasteiger partial charge in [-0.1, -0.05) is 30.7 Å². The SMILES string of the molecule is Cc1cc(CC(CC(=O)N2CCC(c3cc4ccccc4[nH]c3=O)CC2)C(=O)N2CCC(N3CCCCC3)CC2)cc2cn[nH]c12. The Bertz CT molecular complexity index is 1760. The van der Waals surface area contributed by atoms with Crippen molar-refractivity contribution in [2.45, 2.75) is 76.7 Å². The molecule has 3 saturated heterocycles. The van der Waals surface area contributed by atoms with Crippen LogP contribution in [0.2, 0.25) is 0 Å². The van der Waals surface area contributed by atoms with Gasteiger partial charge in [0.05, 0.1) is 17.6 Å². The van der Waals surface area contributed by atoms with E-state index in [4.69, 9.17) is 0 Å². The molecule has 46 heavy (non-hydrogen) atoms. The maximum Gasteiger partial charge on any atom is 0.251 e. The number of amides is 2. The fourth-order valence-corrected chi connectivity index (χ4v) is 8.20. The Morgan fingerprint density at radius 2 is 1.63 bits per heavy atom. The second kappa shape index (κ2) is 13.4. The number of aryl methyl sites for hydroxylation is 1. The van der Waals surface area contributed by atoms with Crippen molar-refractivity contribution < 1.29 is 9.59 Å². The van der Waals surface area contributed by atoms with Gasteiger partial charge >= 0.3 is 0 Å². The molecule has 5 heterocycles. The number of fused-ring (bicyclic) bond motifs is 2. The van der Waals surface area contributed by atoms with Crippen molar-refractivity contribution >= 4 is 33.6 Å². The average molecular weight is 623 g/mol. The Morgan fingerprint density at radius 1 is 0.891 bits per heavy atom. The standard InChI is InChI=1S/C37H46N6O3/c1-25-19-26(21-30-24-38-40-35(25)30)20-29(37(46)43-17-11-31(12-18-43)41-13-5-2-6-14-41)23-34(44)42-15-9-27(10-16-42)32-22-28-7-3-4-8-33(28)39-36(32)45/h3-4,7-8,19,21-22,24,27,29,31H,2,5-6,9-18,20,23H2,1H3,(H,38,40)(H,39,45). The number of aromatic nitrogens is 3. The van der Waals surface area contributed by atoms with E-state index in [9.17, 15) is 14.4 Å². The predicted octanol–water partition coefficient (Wildman–Crippen LogP) is 5.14. The van der Waals surface area contributed by atoms with Crippen LogP contribution in [0.25, 0.3) is 21.8 Å². The Morgan fingerprint density at radius 3 is 2.41 bits per heavy atom. The number of rotatable bonds is 7. The minimum Gasteiger partial charge on any atom is -0.343 e. The first-order chi connectivity index (χ1) is 22.4. The van der Waals surface area contributed by atoms with E-state index >= 15 is 0 Å². The van der Waals surface area contributed by atoms with E-state index in [1.807, 2.05) is 46.3 Å². The summed E-state index contributed by atoms with van der Waals surface area (Å²) in [6, 6.07) is 14.7. The van der Waals surface area contributed by atoms with Gasteiger partial charge in [0.15, 0.2) is 0 Å². The zero-order valence-corrected chi connectivity index (χ0v) is 27.0. The van der Waals surface area contributed by atoms with Gasteiger partial charge in [-0.05, 0) is 106 Å². The van der Waals surface area contributed by atoms with Gasteiger partial charge in [0.1, 0.15) is 0 Å². The van der Waals surface area contributed by atoms with Crippen LogP contribution in [0, 0.1) is 12.8 Å². The van der Waals surface area contributed by atoms with Gasteiger partial charge in [-0.25, -0.2) is 0 Å². The highest BCUT2D eigenvalue weighted by Crippen LogP contribution is 2.30. The maximum absolute atomic E-state index is 14.2. The van der Waals surface area contributed by atoms with E-state index < -0.39 is 5.92 Å². The molecule has 2 amide bonds. The molecule has 1 unspecified atom stereocenters. The van der Waals surface area contributed by atoms with E-state index in [1.54, 1.807) is 0 Å². The van der Waals surface area contributed by atoms with Crippen LogP contribution < -0.4 is 5.56 Å². The molecule has 1 atom stereocenters. The van der Waals surface area contributed by atoms with Crippen LogP contribution in [0.4, 0.5) is 0 Å². The largest absolute Gasteiger partial charge is 0.343 e. The highest BCUT2D eigenvalue weighted by atomic mass is 16.2. The second-order valence-corrected chi connectivity index (χ2v) is 13.8. The van der Waals surface area contributed by atoms with Crippen molar-refractivity contribution in [1.29, 1.82) is 0 Å². The fraction of sp³-hybridized carbons (Fsp3) is 0.514. The third-order valence-electron chi connectivity index (χ3n) is 10.8. The molecule has 0 bridgehead atoms. The van der Waals surface area contributed by atoms with E-state index in [0.29, 0.717) is 25.6 Å². The number of carbonyl (C=O) groups excluding carboxylic acids is 2. The molecule has 4 aromatic rings. The van der Waals surface area contributed by atoms with E-state index in [1.165, 1.54) is 32.4 Å². The number of hydrogen-bond acceptors (Lipinski definition) is 5. The minimum atomic E-state index is -0.413. The molecule has 0 aliphatic carbocycles. The summed E-state index contributed by atoms with van der Waals surface area (Å²) < 4.78 is 0. The van der Waals surface area contributed by atoms with Crippen molar-refractivity contribution in [1.82, 2.24) is 29.9 Å². The number of H-pyrrole nitrogens is 2. The third-order valence-corrected chi connectivity index (χ3v) is 10.8. The summed E-state index contributed by atoms with van der Waals surface area (Å²) in [5.41, 5.74) is 4.78. The zero-order valence-electron chi connectivity index (χ0n) is 27.0. The van der Waals surface area contributed by atoms with Crippen LogP contribution in [0.5, 0.6) is 0 Å². The molecule has 2 N–H and O–H groups in total. The Kier molecular flexibility index (Phi) is 8.93. The first-order valence-electron chi connectivity index (χ1n) is 17.3. The highest BCUT2D eigenvalue weighted by molar-refractivity contribution is 5.87. The molecular formula is C37H46N6O3. The monoisotopic (exact) mass is 622 g/mol. The lowest BCUT2D eigenvalue weighted by Crippen LogP contribution is -2.50. The summed E-state index contributed by atoms with van der Waals surface area (Å²) in [5, 5.41) is 9.33. The number of nitrogens with zero attached hydrogens (tertiary/aromatic N) is 4. The summed E-state index contributed by atoms with van der Waals surface area (Å²) in [6.45, 7) is 7.12. The number of pyridine rings is 1. The lowest BCUT2D eigenvalue weighted by molar-refractivity contribution is -0.143. The fourth-order valence-electron chi connectivity index (χ4n) is 8.20. The normalized spacial score (nSPS) is 19.6. The molecule has 242 valence electrons. The third kappa shape index (κ3) is 6.47. The summed E-state index contributed by atoms with van der Waals surface area (Å²) in [5.74, 6) is -0.161. The van der Waals surface area contributed by atoms with E-state index in [2.05, 4.69) is 39.1 Å². The van der Waals surface area contributed by atoms with Crippen molar-refractivity contribution in [3.05, 3.63) is 75.7 Å². The number of para-hydroxylation sites is 1. The van der Waals surface area contributed by atoms with Gasteiger partial charge in [0.25, 0.3) is 5.56 Å². The lowest BCUT2D eigenvalue weighted by Gasteiger charge is -2.41. The van der Waals surface area contributed by atoms with Crippen LogP contribution >= 0.6 is 0 Å². The van der Waals surface area contributed by atoms with Crippen LogP contribution in [-0.4, -0.2) is 87.0 Å². The number of benzene rings is 2. The van der Waals surface area contributed by atoms with Gasteiger partial charge in [-0.3, -0.25) is 19.5 Å². The molecule has 9 nitrogen and oxygen atoms in total. The number of carbonyl (C=O) groups is 2. The molecule has 2 aromatic carbocycles. The van der Waals surface area contributed by atoms with Crippen LogP contribution in [0.15, 0.2) is 53.5 Å². The van der Waals surface area contributed by atoms with Crippen molar-refractivity contribution in [3.63, 3.8) is 0 Å². The second-order valence-electron chi connectivity index (χ2n) is 13.8. The number of hydrogen-bond donors (Lipinski definition) is 2. The van der Waals surface area contributed by atoms with Crippen LogP contribution in [-0.2, 0) is 16.0 Å². The molecule has 3 fully saturated rings. The van der Waals surface area contributed by atoms with Crippen molar-refractivity contribution in [2.75, 3.05) is 39.3 Å². The van der Waals surface area contributed by atoms with Gasteiger partial charge in [-0.15, -0.1) is 0 Å². The van der Waals surface area contributed by atoms with Gasteiger partial charge in [0.2, 0.25) is 11.8 Å². The number of piperidine rings is 3. The van der Waals surface area contributed by atoms with Gasteiger partial charge < -0.3 is 19.7 Å². The number of aromatic amines is 2. The van der Waals surface area contributed by atoms with E-state index in [-0.39, 0.29) is 29.7 Å². The highest BCUT2D eigenvalue weighted by Gasteiger charge is 2.34. The van der Waals surface area contributed by atoms with Gasteiger partial charge in [-0.2, -0.15) is 5.10 Å². The van der Waals surface area contributed by atoms with Crippen molar-refractivity contribution in [2.24, 2.45) is 5.92 Å². The lowest BCUT2D eigenvalue weighted by atomic mass is 9.88. The topological polar surface area (TPSA) is 105 Å². The van der Waals surface area contributed by atoms with Crippen LogP contribution in [0.1, 0.15) is 74.0 Å².